The van der Waals surface area contributed by atoms with Gasteiger partial charge in [0.05, 0.1) is 0 Å². The molecule has 1 heterocycles. The van der Waals surface area contributed by atoms with E-state index in [2.05, 4.69) is 18.8 Å². The maximum Gasteiger partial charge on any atom is 0.254 e. The van der Waals surface area contributed by atoms with Crippen LogP contribution in [0.2, 0.25) is 10.3 Å². The zero-order valence-corrected chi connectivity index (χ0v) is 13.1. The smallest absolute Gasteiger partial charge is 0.254 e. The first-order valence-corrected chi connectivity index (χ1v) is 7.39. The average Bonchev–Trinajstić information content (AvgIpc) is 2.38. The quantitative estimate of drug-likeness (QED) is 0.735. The number of rotatable bonds is 6. The summed E-state index contributed by atoms with van der Waals surface area (Å²) in [4.78, 5) is 18.1. The molecule has 0 aliphatic heterocycles. The van der Waals surface area contributed by atoms with E-state index in [1.54, 1.807) is 12.1 Å². The van der Waals surface area contributed by atoms with Gasteiger partial charge in [-0.15, -0.1) is 0 Å². The predicted octanol–water partition coefficient (Wildman–Crippen LogP) is 4.29. The van der Waals surface area contributed by atoms with Crippen molar-refractivity contribution in [1.29, 1.82) is 0 Å². The molecule has 1 aromatic heterocycles. The number of aromatic nitrogens is 1. The van der Waals surface area contributed by atoms with Crippen molar-refractivity contribution in [2.24, 2.45) is 5.92 Å². The molecule has 0 aromatic carbocycles. The fourth-order valence-corrected chi connectivity index (χ4v) is 2.45. The van der Waals surface area contributed by atoms with Gasteiger partial charge in [0, 0.05) is 18.7 Å². The van der Waals surface area contributed by atoms with E-state index in [-0.39, 0.29) is 16.2 Å². The van der Waals surface area contributed by atoms with Gasteiger partial charge in [-0.2, -0.15) is 0 Å². The van der Waals surface area contributed by atoms with E-state index in [0.29, 0.717) is 18.0 Å². The second kappa shape index (κ2) is 7.71. The van der Waals surface area contributed by atoms with Crippen molar-refractivity contribution in [3.63, 3.8) is 0 Å². The number of nitrogens with zero attached hydrogens (tertiary/aromatic N) is 2. The summed E-state index contributed by atoms with van der Waals surface area (Å²) < 4.78 is 0. The lowest BCUT2D eigenvalue weighted by Gasteiger charge is -2.25. The second-order valence-corrected chi connectivity index (χ2v) is 5.30. The molecule has 1 amide bonds. The summed E-state index contributed by atoms with van der Waals surface area (Å²) in [5, 5.41) is 0.490. The third-order valence-corrected chi connectivity index (χ3v) is 3.70. The molecule has 106 valence electrons. The van der Waals surface area contributed by atoms with E-state index in [0.717, 1.165) is 19.4 Å². The van der Waals surface area contributed by atoms with Crippen LogP contribution in [0.5, 0.6) is 0 Å². The molecule has 0 aliphatic rings. The summed E-state index contributed by atoms with van der Waals surface area (Å²) in [7, 11) is 0. The summed E-state index contributed by atoms with van der Waals surface area (Å²) >= 11 is 11.7. The summed E-state index contributed by atoms with van der Waals surface area (Å²) in [6.45, 7) is 7.71. The topological polar surface area (TPSA) is 33.2 Å². The largest absolute Gasteiger partial charge is 0.339 e. The maximum absolute atomic E-state index is 12.4. The Labute approximate surface area is 124 Å². The minimum absolute atomic E-state index is 0.0411. The molecule has 19 heavy (non-hydrogen) atoms. The van der Waals surface area contributed by atoms with Gasteiger partial charge in [0.15, 0.2) is 0 Å². The Bertz CT molecular complexity index is 413. The SMILES string of the molecule is CCC(CC)CN(CC)C(=O)c1cc(Cl)nc(Cl)c1. The van der Waals surface area contributed by atoms with Gasteiger partial charge in [-0.3, -0.25) is 4.79 Å². The van der Waals surface area contributed by atoms with Gasteiger partial charge in [0.25, 0.3) is 5.91 Å². The van der Waals surface area contributed by atoms with E-state index >= 15 is 0 Å². The van der Waals surface area contributed by atoms with Crippen molar-refractivity contribution in [1.82, 2.24) is 9.88 Å². The predicted molar refractivity (Wildman–Crippen MR) is 79.9 cm³/mol. The van der Waals surface area contributed by atoms with Gasteiger partial charge >= 0.3 is 0 Å². The molecule has 0 saturated carbocycles. The van der Waals surface area contributed by atoms with Gasteiger partial charge < -0.3 is 4.90 Å². The van der Waals surface area contributed by atoms with E-state index in [4.69, 9.17) is 23.2 Å². The zero-order valence-electron chi connectivity index (χ0n) is 11.6. The van der Waals surface area contributed by atoms with Crippen LogP contribution in [0.25, 0.3) is 0 Å². The highest BCUT2D eigenvalue weighted by Crippen LogP contribution is 2.18. The average molecular weight is 303 g/mol. The van der Waals surface area contributed by atoms with Crippen LogP contribution in [0.4, 0.5) is 0 Å². The number of hydrogen-bond acceptors (Lipinski definition) is 2. The Morgan fingerprint density at radius 2 is 1.74 bits per heavy atom. The lowest BCUT2D eigenvalue weighted by molar-refractivity contribution is 0.0735. The van der Waals surface area contributed by atoms with Crippen LogP contribution in [0.1, 0.15) is 44.0 Å². The number of halogens is 2. The standard InChI is InChI=1S/C14H20Cl2N2O/c1-4-10(5-2)9-18(6-3)14(19)11-7-12(15)17-13(16)8-11/h7-8,10H,4-6,9H2,1-3H3. The fraction of sp³-hybridized carbons (Fsp3) is 0.571. The molecule has 0 saturated heterocycles. The first-order chi connectivity index (χ1) is 9.01. The van der Waals surface area contributed by atoms with Crippen LogP contribution in [0, 0.1) is 5.92 Å². The highest BCUT2D eigenvalue weighted by molar-refractivity contribution is 6.33. The molecule has 0 bridgehead atoms. The molecular formula is C14H20Cl2N2O. The van der Waals surface area contributed by atoms with E-state index in [1.807, 2.05) is 11.8 Å². The van der Waals surface area contributed by atoms with Crippen molar-refractivity contribution >= 4 is 29.1 Å². The van der Waals surface area contributed by atoms with Gasteiger partial charge in [-0.25, -0.2) is 4.98 Å². The van der Waals surface area contributed by atoms with Crippen molar-refractivity contribution in [3.8, 4) is 0 Å². The number of carbonyl (C=O) groups excluding carboxylic acids is 1. The molecule has 0 atom stereocenters. The Balaban J connectivity index is 2.88. The fourth-order valence-electron chi connectivity index (χ4n) is 1.99. The highest BCUT2D eigenvalue weighted by Gasteiger charge is 2.18. The Hall–Kier alpha value is -0.800. The molecule has 0 unspecified atom stereocenters. The summed E-state index contributed by atoms with van der Waals surface area (Å²) in [5.41, 5.74) is 0.498. The normalized spacial score (nSPS) is 10.8. The van der Waals surface area contributed by atoms with Crippen molar-refractivity contribution in [2.75, 3.05) is 13.1 Å². The molecule has 0 radical (unpaired) electrons. The number of pyridine rings is 1. The molecule has 0 aliphatic carbocycles. The second-order valence-electron chi connectivity index (χ2n) is 4.53. The summed E-state index contributed by atoms with van der Waals surface area (Å²) in [6.07, 6.45) is 2.14. The van der Waals surface area contributed by atoms with Gasteiger partial charge in [-0.05, 0) is 25.0 Å². The molecular weight excluding hydrogens is 283 g/mol. The third kappa shape index (κ3) is 4.66. The Morgan fingerprint density at radius 3 is 2.16 bits per heavy atom. The van der Waals surface area contributed by atoms with E-state index < -0.39 is 0 Å². The van der Waals surface area contributed by atoms with Gasteiger partial charge in [-0.1, -0.05) is 49.9 Å². The number of carbonyl (C=O) groups is 1. The minimum Gasteiger partial charge on any atom is -0.339 e. The van der Waals surface area contributed by atoms with Crippen LogP contribution in [0.15, 0.2) is 12.1 Å². The monoisotopic (exact) mass is 302 g/mol. The summed E-state index contributed by atoms with van der Waals surface area (Å²) in [5.74, 6) is 0.484. The van der Waals surface area contributed by atoms with Crippen LogP contribution in [0.3, 0.4) is 0 Å². The first kappa shape index (κ1) is 16.3. The van der Waals surface area contributed by atoms with Crippen molar-refractivity contribution in [2.45, 2.75) is 33.6 Å². The lowest BCUT2D eigenvalue weighted by Crippen LogP contribution is -2.35. The molecule has 0 spiro atoms. The van der Waals surface area contributed by atoms with Crippen LogP contribution >= 0.6 is 23.2 Å². The van der Waals surface area contributed by atoms with Crippen LogP contribution in [-0.4, -0.2) is 28.9 Å². The molecule has 0 N–H and O–H groups in total. The molecule has 3 nitrogen and oxygen atoms in total. The molecule has 1 aromatic rings. The van der Waals surface area contributed by atoms with Crippen LogP contribution < -0.4 is 0 Å². The summed E-state index contributed by atoms with van der Waals surface area (Å²) in [6, 6.07) is 3.12. The van der Waals surface area contributed by atoms with Gasteiger partial charge in [0.2, 0.25) is 0 Å². The Kier molecular flexibility index (Phi) is 6.59. The minimum atomic E-state index is -0.0411. The van der Waals surface area contributed by atoms with Crippen LogP contribution in [-0.2, 0) is 0 Å². The Morgan fingerprint density at radius 1 is 1.21 bits per heavy atom. The lowest BCUT2D eigenvalue weighted by atomic mass is 10.0. The first-order valence-electron chi connectivity index (χ1n) is 6.64. The maximum atomic E-state index is 12.4. The zero-order chi connectivity index (χ0) is 14.4. The number of amides is 1. The van der Waals surface area contributed by atoms with Crippen molar-refractivity contribution < 1.29 is 4.79 Å². The highest BCUT2D eigenvalue weighted by atomic mass is 35.5. The van der Waals surface area contributed by atoms with Gasteiger partial charge in [0.1, 0.15) is 10.3 Å². The third-order valence-electron chi connectivity index (χ3n) is 3.31. The van der Waals surface area contributed by atoms with Crippen molar-refractivity contribution in [3.05, 3.63) is 28.0 Å². The molecule has 0 fully saturated rings. The number of hydrogen-bond donors (Lipinski definition) is 0. The molecule has 5 heteroatoms. The van der Waals surface area contributed by atoms with E-state index in [9.17, 15) is 4.79 Å². The molecule has 1 rings (SSSR count). The van der Waals surface area contributed by atoms with E-state index in [1.165, 1.54) is 0 Å².